The van der Waals surface area contributed by atoms with Gasteiger partial charge in [-0.1, -0.05) is 36.0 Å². The number of carbonyl (C=O) groups excluding carboxylic acids is 1. The zero-order chi connectivity index (χ0) is 24.4. The van der Waals surface area contributed by atoms with Crippen molar-refractivity contribution in [1.82, 2.24) is 14.1 Å². The highest BCUT2D eigenvalue weighted by atomic mass is 32.2. The van der Waals surface area contributed by atoms with Crippen LogP contribution in [-0.4, -0.2) is 39.4 Å². The van der Waals surface area contributed by atoms with Crippen LogP contribution < -0.4 is 5.56 Å². The van der Waals surface area contributed by atoms with E-state index < -0.39 is 0 Å². The van der Waals surface area contributed by atoms with E-state index in [1.807, 2.05) is 69.3 Å². The van der Waals surface area contributed by atoms with E-state index in [0.717, 1.165) is 22.6 Å². The van der Waals surface area contributed by atoms with E-state index >= 15 is 0 Å². The third kappa shape index (κ3) is 4.58. The lowest BCUT2D eigenvalue weighted by Crippen LogP contribution is -2.22. The van der Waals surface area contributed by atoms with E-state index in [1.165, 1.54) is 11.8 Å². The SMILES string of the molecule is COC[C@H](C)n1c(C)cc(C(=O)CSc2nc3ccccc3c(=O)n2-c2cccc(C)c2)c1C. The number of nitrogens with zero attached hydrogens (tertiary/aromatic N) is 3. The monoisotopic (exact) mass is 475 g/mol. The Balaban J connectivity index is 1.71. The summed E-state index contributed by atoms with van der Waals surface area (Å²) in [5.74, 6) is 0.187. The second kappa shape index (κ2) is 9.99. The van der Waals surface area contributed by atoms with Crippen LogP contribution in [0.5, 0.6) is 0 Å². The number of ether oxygens (including phenoxy) is 1. The number of methoxy groups -OCH3 is 1. The van der Waals surface area contributed by atoms with Crippen LogP contribution in [0.15, 0.2) is 64.5 Å². The number of aromatic nitrogens is 3. The molecule has 6 nitrogen and oxygen atoms in total. The van der Waals surface area contributed by atoms with Crippen LogP contribution >= 0.6 is 11.8 Å². The maximum absolute atomic E-state index is 13.4. The lowest BCUT2D eigenvalue weighted by molar-refractivity contribution is 0.102. The maximum Gasteiger partial charge on any atom is 0.266 e. The van der Waals surface area contributed by atoms with E-state index in [2.05, 4.69) is 11.5 Å². The second-order valence-electron chi connectivity index (χ2n) is 8.56. The first-order chi connectivity index (χ1) is 16.3. The van der Waals surface area contributed by atoms with Gasteiger partial charge in [0.05, 0.1) is 35.0 Å². The van der Waals surface area contributed by atoms with Gasteiger partial charge in [0.25, 0.3) is 5.56 Å². The Hall–Kier alpha value is -3.16. The number of fused-ring (bicyclic) bond motifs is 1. The minimum Gasteiger partial charge on any atom is -0.383 e. The number of hydrogen-bond donors (Lipinski definition) is 0. The number of hydrogen-bond acceptors (Lipinski definition) is 5. The third-order valence-electron chi connectivity index (χ3n) is 5.97. The third-order valence-corrected chi connectivity index (χ3v) is 6.91. The van der Waals surface area contributed by atoms with Crippen molar-refractivity contribution in [2.24, 2.45) is 0 Å². The molecule has 7 heteroatoms. The van der Waals surface area contributed by atoms with Crippen molar-refractivity contribution in [2.75, 3.05) is 19.5 Å². The first kappa shape index (κ1) is 24.0. The summed E-state index contributed by atoms with van der Waals surface area (Å²) in [5.41, 5.74) is 4.91. The summed E-state index contributed by atoms with van der Waals surface area (Å²) in [6.07, 6.45) is 0. The van der Waals surface area contributed by atoms with Crippen LogP contribution in [-0.2, 0) is 4.74 Å². The van der Waals surface area contributed by atoms with Crippen LogP contribution in [0.4, 0.5) is 0 Å². The molecule has 0 unspecified atom stereocenters. The number of rotatable bonds is 8. The summed E-state index contributed by atoms with van der Waals surface area (Å²) < 4.78 is 9.05. The van der Waals surface area contributed by atoms with Crippen molar-refractivity contribution in [3.8, 4) is 5.69 Å². The summed E-state index contributed by atoms with van der Waals surface area (Å²) in [5, 5.41) is 1.06. The summed E-state index contributed by atoms with van der Waals surface area (Å²) in [7, 11) is 1.68. The van der Waals surface area contributed by atoms with Crippen LogP contribution in [0.1, 0.15) is 40.3 Å². The average molecular weight is 476 g/mol. The number of aryl methyl sites for hydroxylation is 2. The van der Waals surface area contributed by atoms with Gasteiger partial charge in [0.15, 0.2) is 10.9 Å². The van der Waals surface area contributed by atoms with Gasteiger partial charge in [-0.3, -0.25) is 14.2 Å². The number of benzene rings is 2. The molecular formula is C27H29N3O3S. The molecule has 0 radical (unpaired) electrons. The van der Waals surface area contributed by atoms with Crippen LogP contribution in [0, 0.1) is 20.8 Å². The van der Waals surface area contributed by atoms with Gasteiger partial charge in [0.2, 0.25) is 0 Å². The number of carbonyl (C=O) groups is 1. The first-order valence-corrected chi connectivity index (χ1v) is 12.2. The van der Waals surface area contributed by atoms with E-state index in [9.17, 15) is 9.59 Å². The zero-order valence-corrected chi connectivity index (χ0v) is 21.0. The molecule has 2 aromatic carbocycles. The van der Waals surface area contributed by atoms with Crippen LogP contribution in [0.3, 0.4) is 0 Å². The number of thioether (sulfide) groups is 1. The summed E-state index contributed by atoms with van der Waals surface area (Å²) in [6, 6.07) is 17.1. The minimum atomic E-state index is -0.141. The minimum absolute atomic E-state index is 0.00664. The number of Topliss-reactive ketones (excluding diaryl/α,β-unsaturated/α-hetero) is 1. The Morgan fingerprint density at radius 3 is 2.59 bits per heavy atom. The maximum atomic E-state index is 13.4. The smallest absolute Gasteiger partial charge is 0.266 e. The van der Waals surface area contributed by atoms with Gasteiger partial charge in [-0.25, -0.2) is 4.98 Å². The first-order valence-electron chi connectivity index (χ1n) is 11.2. The highest BCUT2D eigenvalue weighted by molar-refractivity contribution is 7.99. The highest BCUT2D eigenvalue weighted by Crippen LogP contribution is 2.26. The molecule has 0 N–H and O–H groups in total. The standard InChI is InChI=1S/C27H29N3O3S/c1-17-9-8-10-21(13-17)30-26(32)22-11-6-7-12-24(22)28-27(30)34-16-25(31)23-14-18(2)29(20(23)4)19(3)15-33-5/h6-14,19H,15-16H2,1-5H3/t19-/m0/s1. The zero-order valence-electron chi connectivity index (χ0n) is 20.2. The van der Waals surface area contributed by atoms with Crippen LogP contribution in [0.2, 0.25) is 0 Å². The van der Waals surface area contributed by atoms with Gasteiger partial charge in [-0.05, 0) is 63.6 Å². The molecule has 0 saturated heterocycles. The van der Waals surface area contributed by atoms with Crippen molar-refractivity contribution in [1.29, 1.82) is 0 Å². The van der Waals surface area contributed by atoms with Gasteiger partial charge < -0.3 is 9.30 Å². The Morgan fingerprint density at radius 2 is 1.85 bits per heavy atom. The number of para-hydroxylation sites is 1. The average Bonchev–Trinajstić information content (AvgIpc) is 3.11. The van der Waals surface area contributed by atoms with E-state index in [0.29, 0.717) is 28.2 Å². The second-order valence-corrected chi connectivity index (χ2v) is 9.50. The van der Waals surface area contributed by atoms with Gasteiger partial charge in [0.1, 0.15) is 0 Å². The van der Waals surface area contributed by atoms with Crippen LogP contribution in [0.25, 0.3) is 16.6 Å². The predicted octanol–water partition coefficient (Wildman–Crippen LogP) is 5.29. The molecular weight excluding hydrogens is 446 g/mol. The lowest BCUT2D eigenvalue weighted by atomic mass is 10.2. The van der Waals surface area contributed by atoms with Gasteiger partial charge in [-0.15, -0.1) is 0 Å². The molecule has 0 spiro atoms. The molecule has 0 aliphatic rings. The normalized spacial score (nSPS) is 12.3. The van der Waals surface area contributed by atoms with E-state index in [4.69, 9.17) is 9.72 Å². The van der Waals surface area contributed by atoms with E-state index in [-0.39, 0.29) is 23.1 Å². The molecule has 4 rings (SSSR count). The fraction of sp³-hybridized carbons (Fsp3) is 0.296. The molecule has 0 aliphatic heterocycles. The molecule has 0 amide bonds. The quantitative estimate of drug-likeness (QED) is 0.197. The molecule has 0 aliphatic carbocycles. The predicted molar refractivity (Wildman–Crippen MR) is 138 cm³/mol. The fourth-order valence-electron chi connectivity index (χ4n) is 4.47. The Bertz CT molecular complexity index is 1420. The summed E-state index contributed by atoms with van der Waals surface area (Å²) in [6.45, 7) is 8.60. The highest BCUT2D eigenvalue weighted by Gasteiger charge is 2.20. The van der Waals surface area contributed by atoms with Crippen molar-refractivity contribution in [3.05, 3.63) is 87.5 Å². The molecule has 2 aromatic heterocycles. The van der Waals surface area contributed by atoms with Crippen molar-refractivity contribution in [2.45, 2.75) is 38.9 Å². The Labute approximate surface area is 203 Å². The molecule has 176 valence electrons. The summed E-state index contributed by atoms with van der Waals surface area (Å²) >= 11 is 1.29. The van der Waals surface area contributed by atoms with Gasteiger partial charge in [-0.2, -0.15) is 0 Å². The molecule has 2 heterocycles. The lowest BCUT2D eigenvalue weighted by Gasteiger charge is -2.17. The molecule has 34 heavy (non-hydrogen) atoms. The Morgan fingerprint density at radius 1 is 1.09 bits per heavy atom. The molecule has 0 saturated carbocycles. The molecule has 1 atom stereocenters. The van der Waals surface area contributed by atoms with Gasteiger partial charge in [0, 0.05) is 24.1 Å². The Kier molecular flexibility index (Phi) is 7.05. The topological polar surface area (TPSA) is 66.1 Å². The van der Waals surface area contributed by atoms with Crippen molar-refractivity contribution < 1.29 is 9.53 Å². The molecule has 0 fully saturated rings. The fourth-order valence-corrected chi connectivity index (χ4v) is 5.36. The largest absolute Gasteiger partial charge is 0.383 e. The summed E-state index contributed by atoms with van der Waals surface area (Å²) in [4.78, 5) is 31.4. The van der Waals surface area contributed by atoms with Crippen molar-refractivity contribution in [3.63, 3.8) is 0 Å². The van der Waals surface area contributed by atoms with Gasteiger partial charge >= 0.3 is 0 Å². The molecule has 4 aromatic rings. The van der Waals surface area contributed by atoms with Crippen molar-refractivity contribution >= 4 is 28.4 Å². The van der Waals surface area contributed by atoms with E-state index in [1.54, 1.807) is 17.7 Å². The molecule has 0 bridgehead atoms. The number of ketones is 1.